The number of nitrogens with zero attached hydrogens (tertiary/aromatic N) is 4. The molecule has 1 saturated heterocycles. The second-order valence-corrected chi connectivity index (χ2v) is 8.24. The van der Waals surface area contributed by atoms with E-state index in [0.717, 1.165) is 48.0 Å². The fraction of sp³-hybridized carbons (Fsp3) is 0.360. The maximum absolute atomic E-state index is 5.97. The average molecular weight is 416 g/mol. The molecule has 6 nitrogen and oxygen atoms in total. The van der Waals surface area contributed by atoms with Crippen molar-refractivity contribution in [3.8, 4) is 5.75 Å². The van der Waals surface area contributed by atoms with Gasteiger partial charge in [-0.1, -0.05) is 36.8 Å². The van der Waals surface area contributed by atoms with E-state index in [0.29, 0.717) is 0 Å². The van der Waals surface area contributed by atoms with Crippen molar-refractivity contribution in [1.82, 2.24) is 15.3 Å². The van der Waals surface area contributed by atoms with Crippen LogP contribution >= 0.6 is 0 Å². The molecule has 1 fully saturated rings. The summed E-state index contributed by atoms with van der Waals surface area (Å²) in [6.07, 6.45) is 9.17. The predicted octanol–water partition coefficient (Wildman–Crippen LogP) is 3.92. The molecule has 3 heterocycles. The van der Waals surface area contributed by atoms with Crippen molar-refractivity contribution >= 4 is 17.7 Å². The summed E-state index contributed by atoms with van der Waals surface area (Å²) in [5, 5.41) is 10.6. The third-order valence-electron chi connectivity index (χ3n) is 6.01. The summed E-state index contributed by atoms with van der Waals surface area (Å²) >= 11 is 0. The summed E-state index contributed by atoms with van der Waals surface area (Å²) in [6, 6.07) is 18.5. The molecule has 0 radical (unpaired) electrons. The molecule has 1 N–H and O–H groups in total. The average Bonchev–Trinajstić information content (AvgIpc) is 3.28. The SMILES string of the molecule is C1=NN=C(c2ccccc2)N2NC(c3ccc(OCCCN4CCCCC4)cc3)=CC12. The molecule has 6 heteroatoms. The zero-order valence-electron chi connectivity index (χ0n) is 17.8. The van der Waals surface area contributed by atoms with Crippen molar-refractivity contribution in [1.29, 1.82) is 0 Å². The van der Waals surface area contributed by atoms with Crippen molar-refractivity contribution in [2.45, 2.75) is 31.7 Å². The second kappa shape index (κ2) is 9.35. The number of hydrogen-bond acceptors (Lipinski definition) is 6. The normalized spacial score (nSPS) is 20.6. The number of fused-ring (bicyclic) bond motifs is 1. The molecule has 0 amide bonds. The molecule has 0 bridgehead atoms. The number of amidine groups is 1. The van der Waals surface area contributed by atoms with Crippen molar-refractivity contribution in [3.63, 3.8) is 0 Å². The molecule has 2 aromatic carbocycles. The molecule has 5 rings (SSSR count). The molecule has 1 atom stereocenters. The summed E-state index contributed by atoms with van der Waals surface area (Å²) in [5.41, 5.74) is 6.71. The van der Waals surface area contributed by atoms with Crippen molar-refractivity contribution in [2.75, 3.05) is 26.2 Å². The van der Waals surface area contributed by atoms with E-state index in [4.69, 9.17) is 4.74 Å². The molecule has 0 saturated carbocycles. The lowest BCUT2D eigenvalue weighted by molar-refractivity contribution is 0.205. The van der Waals surface area contributed by atoms with E-state index in [1.54, 1.807) is 0 Å². The highest BCUT2D eigenvalue weighted by atomic mass is 16.5. The Labute approximate surface area is 183 Å². The maximum atomic E-state index is 5.97. The summed E-state index contributed by atoms with van der Waals surface area (Å²) < 4.78 is 5.97. The van der Waals surface area contributed by atoms with Gasteiger partial charge in [0, 0.05) is 12.1 Å². The monoisotopic (exact) mass is 415 g/mol. The van der Waals surface area contributed by atoms with E-state index >= 15 is 0 Å². The lowest BCUT2D eigenvalue weighted by Crippen LogP contribution is -2.45. The number of hydrogen-bond donors (Lipinski definition) is 1. The molecule has 3 aliphatic rings. The largest absolute Gasteiger partial charge is 0.494 e. The Kier molecular flexibility index (Phi) is 5.98. The van der Waals surface area contributed by atoms with E-state index < -0.39 is 0 Å². The molecule has 160 valence electrons. The van der Waals surface area contributed by atoms with Gasteiger partial charge >= 0.3 is 0 Å². The van der Waals surface area contributed by atoms with Gasteiger partial charge < -0.3 is 9.64 Å². The van der Waals surface area contributed by atoms with Gasteiger partial charge in [-0.3, -0.25) is 10.4 Å². The smallest absolute Gasteiger partial charge is 0.177 e. The minimum Gasteiger partial charge on any atom is -0.494 e. The third-order valence-corrected chi connectivity index (χ3v) is 6.01. The molecule has 0 aliphatic carbocycles. The topological polar surface area (TPSA) is 52.5 Å². The maximum Gasteiger partial charge on any atom is 0.177 e. The Hall–Kier alpha value is -3.12. The van der Waals surface area contributed by atoms with E-state index in [1.165, 1.54) is 32.4 Å². The van der Waals surface area contributed by atoms with Crippen molar-refractivity contribution in [3.05, 3.63) is 71.8 Å². The summed E-state index contributed by atoms with van der Waals surface area (Å²) in [4.78, 5) is 2.55. The van der Waals surface area contributed by atoms with Gasteiger partial charge in [0.1, 0.15) is 11.8 Å². The van der Waals surface area contributed by atoms with Crippen LogP contribution in [0, 0.1) is 0 Å². The highest BCUT2D eigenvalue weighted by Gasteiger charge is 2.30. The van der Waals surface area contributed by atoms with Crippen LogP contribution in [0.5, 0.6) is 5.75 Å². The lowest BCUT2D eigenvalue weighted by Gasteiger charge is -2.27. The fourth-order valence-electron chi connectivity index (χ4n) is 4.33. The van der Waals surface area contributed by atoms with Gasteiger partial charge in [-0.05, 0) is 68.3 Å². The Bertz CT molecular complexity index is 961. The number of rotatable bonds is 7. The first kappa shape index (κ1) is 19.8. The molecule has 31 heavy (non-hydrogen) atoms. The van der Waals surface area contributed by atoms with Gasteiger partial charge in [0.2, 0.25) is 0 Å². The van der Waals surface area contributed by atoms with Gasteiger partial charge in [0.15, 0.2) is 5.84 Å². The number of nitrogens with one attached hydrogen (secondary N) is 1. The van der Waals surface area contributed by atoms with E-state index in [1.807, 2.05) is 36.5 Å². The molecular formula is C25H29N5O. The number of benzene rings is 2. The van der Waals surface area contributed by atoms with Crippen LogP contribution in [0.25, 0.3) is 5.70 Å². The van der Waals surface area contributed by atoms with Crippen molar-refractivity contribution < 1.29 is 4.74 Å². The molecule has 0 spiro atoms. The minimum atomic E-state index is 0.0495. The molecule has 0 aromatic heterocycles. The molecule has 3 aliphatic heterocycles. The van der Waals surface area contributed by atoms with Crippen LogP contribution in [0.3, 0.4) is 0 Å². The molecule has 2 aromatic rings. The quantitative estimate of drug-likeness (QED) is 0.697. The summed E-state index contributed by atoms with van der Waals surface area (Å²) in [7, 11) is 0. The number of ether oxygens (including phenoxy) is 1. The van der Waals surface area contributed by atoms with Crippen molar-refractivity contribution in [2.24, 2.45) is 10.2 Å². The minimum absolute atomic E-state index is 0.0495. The van der Waals surface area contributed by atoms with Gasteiger partial charge in [0.25, 0.3) is 0 Å². The van der Waals surface area contributed by atoms with Crippen LogP contribution in [0.1, 0.15) is 36.8 Å². The Balaban J connectivity index is 1.16. The van der Waals surface area contributed by atoms with Gasteiger partial charge in [-0.15, -0.1) is 5.10 Å². The standard InChI is InChI=1S/C25H29N5O/c1-3-8-21(9-4-1)25-27-26-19-22-18-24(28-30(22)25)20-10-12-23(13-11-20)31-17-7-16-29-14-5-2-6-15-29/h1,3-4,8-13,18-19,22,28H,2,5-7,14-17H2. The second-order valence-electron chi connectivity index (χ2n) is 8.24. The molecular weight excluding hydrogens is 386 g/mol. The highest BCUT2D eigenvalue weighted by molar-refractivity contribution is 6.03. The Morgan fingerprint density at radius 3 is 2.55 bits per heavy atom. The zero-order chi connectivity index (χ0) is 20.9. The lowest BCUT2D eigenvalue weighted by atomic mass is 10.1. The fourth-order valence-corrected chi connectivity index (χ4v) is 4.33. The van der Waals surface area contributed by atoms with Crippen LogP contribution in [0.15, 0.2) is 70.9 Å². The van der Waals surface area contributed by atoms with Crippen LogP contribution in [-0.4, -0.2) is 54.2 Å². The first-order chi connectivity index (χ1) is 15.4. The third kappa shape index (κ3) is 4.64. The number of hydrazine groups is 1. The highest BCUT2D eigenvalue weighted by Crippen LogP contribution is 2.25. The number of likely N-dealkylation sites (tertiary alicyclic amines) is 1. The van der Waals surface area contributed by atoms with Crippen LogP contribution < -0.4 is 10.2 Å². The van der Waals surface area contributed by atoms with Gasteiger partial charge in [-0.25, -0.2) is 0 Å². The van der Waals surface area contributed by atoms with E-state index in [2.05, 4.69) is 55.9 Å². The van der Waals surface area contributed by atoms with Gasteiger partial charge in [0.05, 0.1) is 18.5 Å². The number of piperidine rings is 1. The van der Waals surface area contributed by atoms with Crippen LogP contribution in [0.4, 0.5) is 0 Å². The van der Waals surface area contributed by atoms with Crippen LogP contribution in [0.2, 0.25) is 0 Å². The first-order valence-corrected chi connectivity index (χ1v) is 11.3. The summed E-state index contributed by atoms with van der Waals surface area (Å²) in [5.74, 6) is 1.75. The van der Waals surface area contributed by atoms with Gasteiger partial charge in [-0.2, -0.15) is 5.10 Å². The summed E-state index contributed by atoms with van der Waals surface area (Å²) in [6.45, 7) is 4.39. The Morgan fingerprint density at radius 1 is 0.935 bits per heavy atom. The Morgan fingerprint density at radius 2 is 1.74 bits per heavy atom. The zero-order valence-corrected chi connectivity index (χ0v) is 17.8. The molecule has 1 unspecified atom stereocenters. The van der Waals surface area contributed by atoms with E-state index in [-0.39, 0.29) is 6.04 Å². The first-order valence-electron chi connectivity index (χ1n) is 11.3. The van der Waals surface area contributed by atoms with E-state index in [9.17, 15) is 0 Å². The van der Waals surface area contributed by atoms with Crippen LogP contribution in [-0.2, 0) is 0 Å². The predicted molar refractivity (Wildman–Crippen MR) is 125 cm³/mol.